The summed E-state index contributed by atoms with van der Waals surface area (Å²) in [7, 11) is -0.952. The van der Waals surface area contributed by atoms with Crippen molar-refractivity contribution < 1.29 is 8.42 Å². The average Bonchev–Trinajstić information content (AvgIpc) is 2.94. The van der Waals surface area contributed by atoms with Crippen LogP contribution in [0.25, 0.3) is 0 Å². The topological polar surface area (TPSA) is 66.4 Å². The van der Waals surface area contributed by atoms with E-state index in [1.54, 1.807) is 6.20 Å². The van der Waals surface area contributed by atoms with Crippen LogP contribution in [0.2, 0.25) is 0 Å². The average molecular weight is 338 g/mol. The van der Waals surface area contributed by atoms with Crippen molar-refractivity contribution in [2.24, 2.45) is 0 Å². The molecule has 23 heavy (non-hydrogen) atoms. The zero-order chi connectivity index (χ0) is 16.4. The van der Waals surface area contributed by atoms with Gasteiger partial charge >= 0.3 is 0 Å². The van der Waals surface area contributed by atoms with Crippen molar-refractivity contribution >= 4 is 21.6 Å². The van der Waals surface area contributed by atoms with Gasteiger partial charge in [-0.05, 0) is 38.2 Å². The number of aromatic nitrogens is 2. The van der Waals surface area contributed by atoms with Crippen molar-refractivity contribution in [2.75, 3.05) is 34.9 Å². The molecule has 2 saturated heterocycles. The maximum absolute atomic E-state index is 11.7. The SMILES string of the molecule is CCC1CCCCN1c1nccc(N(C)C2CCS(=O)(=O)C2)n1. The highest BCUT2D eigenvalue weighted by molar-refractivity contribution is 7.91. The molecular formula is C16H26N4O2S. The maximum atomic E-state index is 11.7. The summed E-state index contributed by atoms with van der Waals surface area (Å²) >= 11 is 0. The van der Waals surface area contributed by atoms with Gasteiger partial charge < -0.3 is 9.80 Å². The molecule has 2 unspecified atom stereocenters. The molecule has 0 saturated carbocycles. The van der Waals surface area contributed by atoms with Gasteiger partial charge in [0.25, 0.3) is 0 Å². The van der Waals surface area contributed by atoms with E-state index in [1.165, 1.54) is 19.3 Å². The van der Waals surface area contributed by atoms with Crippen LogP contribution in [0.3, 0.4) is 0 Å². The zero-order valence-electron chi connectivity index (χ0n) is 14.0. The maximum Gasteiger partial charge on any atom is 0.227 e. The van der Waals surface area contributed by atoms with Crippen LogP contribution in [0.15, 0.2) is 12.3 Å². The molecule has 1 aromatic heterocycles. The fourth-order valence-corrected chi connectivity index (χ4v) is 5.40. The third-order valence-corrected chi connectivity index (χ3v) is 6.85. The molecule has 1 aromatic rings. The molecule has 0 aliphatic carbocycles. The van der Waals surface area contributed by atoms with Crippen molar-refractivity contribution in [3.05, 3.63) is 12.3 Å². The van der Waals surface area contributed by atoms with E-state index in [-0.39, 0.29) is 17.5 Å². The van der Waals surface area contributed by atoms with Gasteiger partial charge in [0, 0.05) is 31.9 Å². The highest BCUT2D eigenvalue weighted by Gasteiger charge is 2.31. The number of piperidine rings is 1. The minimum Gasteiger partial charge on any atom is -0.355 e. The van der Waals surface area contributed by atoms with Crippen LogP contribution >= 0.6 is 0 Å². The highest BCUT2D eigenvalue weighted by Crippen LogP contribution is 2.26. The summed E-state index contributed by atoms with van der Waals surface area (Å²) in [5.41, 5.74) is 0. The molecule has 0 bridgehead atoms. The Hall–Kier alpha value is -1.37. The second-order valence-electron chi connectivity index (χ2n) is 6.63. The molecule has 0 amide bonds. The second kappa shape index (κ2) is 6.63. The van der Waals surface area contributed by atoms with E-state index in [2.05, 4.69) is 16.8 Å². The Kier molecular flexibility index (Phi) is 4.75. The number of nitrogens with zero attached hydrogens (tertiary/aromatic N) is 4. The van der Waals surface area contributed by atoms with Crippen LogP contribution in [0.1, 0.15) is 39.0 Å². The normalized spacial score (nSPS) is 27.1. The summed E-state index contributed by atoms with van der Waals surface area (Å²) in [4.78, 5) is 13.5. The Morgan fingerprint density at radius 2 is 2.17 bits per heavy atom. The number of hydrogen-bond acceptors (Lipinski definition) is 6. The number of hydrogen-bond donors (Lipinski definition) is 0. The monoisotopic (exact) mass is 338 g/mol. The molecular weight excluding hydrogens is 312 g/mol. The van der Waals surface area contributed by atoms with E-state index in [1.807, 2.05) is 18.0 Å². The summed E-state index contributed by atoms with van der Waals surface area (Å²) in [6, 6.07) is 2.40. The fraction of sp³-hybridized carbons (Fsp3) is 0.750. The molecule has 0 radical (unpaired) electrons. The molecule has 2 fully saturated rings. The zero-order valence-corrected chi connectivity index (χ0v) is 14.8. The fourth-order valence-electron chi connectivity index (χ4n) is 3.63. The summed E-state index contributed by atoms with van der Waals surface area (Å²) in [5, 5.41) is 0. The Morgan fingerprint density at radius 1 is 1.35 bits per heavy atom. The third kappa shape index (κ3) is 3.59. The van der Waals surface area contributed by atoms with Crippen LogP contribution in [0.4, 0.5) is 11.8 Å². The van der Waals surface area contributed by atoms with E-state index in [9.17, 15) is 8.42 Å². The molecule has 3 heterocycles. The van der Waals surface area contributed by atoms with Gasteiger partial charge in [0.1, 0.15) is 5.82 Å². The lowest BCUT2D eigenvalue weighted by Crippen LogP contribution is -2.40. The minimum atomic E-state index is -2.89. The molecule has 6 nitrogen and oxygen atoms in total. The second-order valence-corrected chi connectivity index (χ2v) is 8.86. The minimum absolute atomic E-state index is 0.0195. The molecule has 0 spiro atoms. The Bertz CT molecular complexity index is 649. The van der Waals surface area contributed by atoms with E-state index in [4.69, 9.17) is 4.98 Å². The Balaban J connectivity index is 1.79. The lowest BCUT2D eigenvalue weighted by Gasteiger charge is -2.35. The Labute approximate surface area is 138 Å². The van der Waals surface area contributed by atoms with Crippen LogP contribution in [0.5, 0.6) is 0 Å². The molecule has 3 rings (SSSR count). The number of sulfone groups is 1. The number of anilines is 2. The van der Waals surface area contributed by atoms with Crippen LogP contribution in [-0.4, -0.2) is 55.6 Å². The molecule has 7 heteroatoms. The molecule has 0 aromatic carbocycles. The Morgan fingerprint density at radius 3 is 2.87 bits per heavy atom. The third-order valence-electron chi connectivity index (χ3n) is 5.10. The smallest absolute Gasteiger partial charge is 0.227 e. The summed E-state index contributed by atoms with van der Waals surface area (Å²) in [5.74, 6) is 2.10. The molecule has 2 aliphatic rings. The first-order valence-corrected chi connectivity index (χ1v) is 10.4. The predicted molar refractivity (Wildman–Crippen MR) is 92.8 cm³/mol. The molecule has 2 atom stereocenters. The van der Waals surface area contributed by atoms with Crippen molar-refractivity contribution in [1.29, 1.82) is 0 Å². The first-order chi connectivity index (χ1) is 11.0. The first-order valence-electron chi connectivity index (χ1n) is 8.53. The van der Waals surface area contributed by atoms with Crippen LogP contribution in [0, 0.1) is 0 Å². The largest absolute Gasteiger partial charge is 0.355 e. The van der Waals surface area contributed by atoms with Crippen molar-refractivity contribution in [3.63, 3.8) is 0 Å². The lowest BCUT2D eigenvalue weighted by molar-refractivity contribution is 0.443. The predicted octanol–water partition coefficient (Wildman–Crippen LogP) is 1.87. The van der Waals surface area contributed by atoms with E-state index in [0.717, 1.165) is 24.7 Å². The summed E-state index contributed by atoms with van der Waals surface area (Å²) < 4.78 is 23.4. The summed E-state index contributed by atoms with van der Waals surface area (Å²) in [6.07, 6.45) is 7.22. The highest BCUT2D eigenvalue weighted by atomic mass is 32.2. The van der Waals surface area contributed by atoms with Crippen LogP contribution < -0.4 is 9.80 Å². The van der Waals surface area contributed by atoms with Gasteiger partial charge in [-0.15, -0.1) is 0 Å². The van der Waals surface area contributed by atoms with Gasteiger partial charge in [-0.1, -0.05) is 6.92 Å². The number of rotatable bonds is 4. The molecule has 128 valence electrons. The van der Waals surface area contributed by atoms with Crippen molar-refractivity contribution in [2.45, 2.75) is 51.1 Å². The van der Waals surface area contributed by atoms with Crippen molar-refractivity contribution in [1.82, 2.24) is 9.97 Å². The van der Waals surface area contributed by atoms with Crippen molar-refractivity contribution in [3.8, 4) is 0 Å². The van der Waals surface area contributed by atoms with E-state index < -0.39 is 9.84 Å². The van der Waals surface area contributed by atoms with E-state index in [0.29, 0.717) is 12.5 Å². The lowest BCUT2D eigenvalue weighted by atomic mass is 10.0. The van der Waals surface area contributed by atoms with Crippen LogP contribution in [-0.2, 0) is 9.84 Å². The van der Waals surface area contributed by atoms with E-state index >= 15 is 0 Å². The molecule has 2 aliphatic heterocycles. The van der Waals surface area contributed by atoms with Gasteiger partial charge in [-0.2, -0.15) is 4.98 Å². The van der Waals surface area contributed by atoms with Gasteiger partial charge in [0.15, 0.2) is 9.84 Å². The van der Waals surface area contributed by atoms with Gasteiger partial charge in [-0.25, -0.2) is 13.4 Å². The molecule has 0 N–H and O–H groups in total. The summed E-state index contributed by atoms with van der Waals surface area (Å²) in [6.45, 7) is 3.21. The van der Waals surface area contributed by atoms with Gasteiger partial charge in [0.05, 0.1) is 11.5 Å². The standard InChI is InChI=1S/C16H26N4O2S/c1-3-13-6-4-5-10-20(13)16-17-9-7-15(18-16)19(2)14-8-11-23(21,22)12-14/h7,9,13-14H,3-6,8,10-12H2,1-2H3. The first kappa shape index (κ1) is 16.5. The quantitative estimate of drug-likeness (QED) is 0.835. The van der Waals surface area contributed by atoms with Gasteiger partial charge in [-0.3, -0.25) is 0 Å². The van der Waals surface area contributed by atoms with Gasteiger partial charge in [0.2, 0.25) is 5.95 Å².